The maximum absolute atomic E-state index is 14.6. The zero-order chi connectivity index (χ0) is 55.8. The lowest BCUT2D eigenvalue weighted by Crippen LogP contribution is -2.61. The van der Waals surface area contributed by atoms with E-state index in [0.29, 0.717) is 76.8 Å². The molecule has 3 rings (SSSR count). The van der Waals surface area contributed by atoms with Crippen molar-refractivity contribution in [3.8, 4) is 0 Å². The van der Waals surface area contributed by atoms with Gasteiger partial charge in [0.1, 0.15) is 30.1 Å². The molecule has 428 valence electrons. The van der Waals surface area contributed by atoms with E-state index in [-0.39, 0.29) is 87.2 Å². The number of amides is 1. The highest BCUT2D eigenvalue weighted by molar-refractivity contribution is 6.39. The number of hydrogen-bond donors (Lipinski definition) is 3. The predicted octanol–water partition coefficient (Wildman–Crippen LogP) is 6.87. The number of rotatable bonds is 34. The molecule has 0 radical (unpaired) electrons. The second-order valence-electron chi connectivity index (χ2n) is 21.4. The Kier molecular flexibility index (Phi) is 29.6. The summed E-state index contributed by atoms with van der Waals surface area (Å²) in [6.07, 6.45) is 9.61. The number of aliphatic hydroxyl groups excluding tert-OH is 2. The minimum Gasteiger partial charge on any atom is -0.460 e. The summed E-state index contributed by atoms with van der Waals surface area (Å²) in [5.41, 5.74) is 1.24. The van der Waals surface area contributed by atoms with Crippen molar-refractivity contribution in [3.63, 3.8) is 0 Å². The van der Waals surface area contributed by atoms with E-state index in [9.17, 15) is 39.3 Å². The van der Waals surface area contributed by atoms with E-state index in [4.69, 9.17) is 37.9 Å². The molecule has 0 aromatic carbocycles. The van der Waals surface area contributed by atoms with E-state index in [1.807, 2.05) is 52.8 Å². The minimum atomic E-state index is -2.48. The molecule has 0 aromatic heterocycles. The smallest absolute Gasteiger partial charge is 0.329 e. The molecule has 2 aliphatic heterocycles. The number of ketones is 3. The number of aliphatic hydroxyl groups is 3. The zero-order valence-electron chi connectivity index (χ0n) is 47.2. The Hall–Kier alpha value is -3.49. The Morgan fingerprint density at radius 3 is 2.27 bits per heavy atom. The van der Waals surface area contributed by atoms with Crippen LogP contribution < -0.4 is 0 Å². The zero-order valence-corrected chi connectivity index (χ0v) is 47.2. The van der Waals surface area contributed by atoms with E-state index in [0.717, 1.165) is 12.0 Å². The SMILES string of the molecule is C=C/C=C(\C)[C@H](C[C@@H]1CC[C@@H](C)[C@](O)(C(=O)C(=O)N2CCCC[C@H]2C(=O)O[C@@H](CC(=O)[C@H](C)/C=C(\C)[C@@H](O)[C@@H](OC)C(=O)[C@H](C)C[C@H](C)/C=C/C)[C@H](C)C[C@@H]2CC[C@@H](OCCO)[C@H](OC)C2)O1)OCCOCCOC. The van der Waals surface area contributed by atoms with Gasteiger partial charge in [-0.3, -0.25) is 19.2 Å². The molecule has 17 nitrogen and oxygen atoms in total. The third kappa shape index (κ3) is 20.0. The summed E-state index contributed by atoms with van der Waals surface area (Å²) < 4.78 is 46.6. The molecule has 17 heteroatoms. The maximum atomic E-state index is 14.6. The van der Waals surface area contributed by atoms with Crippen LogP contribution in [0.5, 0.6) is 0 Å². The first kappa shape index (κ1) is 65.8. The van der Waals surface area contributed by atoms with Crippen LogP contribution >= 0.6 is 0 Å². The highest BCUT2D eigenvalue weighted by Gasteiger charge is 2.53. The van der Waals surface area contributed by atoms with Crippen LogP contribution in [-0.4, -0.2) is 172 Å². The second kappa shape index (κ2) is 33.7. The summed E-state index contributed by atoms with van der Waals surface area (Å²) in [5, 5.41) is 32.9. The van der Waals surface area contributed by atoms with Crippen LogP contribution in [0.3, 0.4) is 0 Å². The average molecular weight is 1060 g/mol. The lowest BCUT2D eigenvalue weighted by Gasteiger charge is -2.43. The molecular formula is C58H95NO16. The molecule has 15 atom stereocenters. The van der Waals surface area contributed by atoms with Gasteiger partial charge in [0.2, 0.25) is 5.79 Å². The van der Waals surface area contributed by atoms with Crippen LogP contribution in [0, 0.1) is 35.5 Å². The van der Waals surface area contributed by atoms with Crippen LogP contribution in [-0.2, 0) is 61.9 Å². The highest BCUT2D eigenvalue weighted by atomic mass is 16.6. The monoisotopic (exact) mass is 1060 g/mol. The maximum Gasteiger partial charge on any atom is 0.329 e. The summed E-state index contributed by atoms with van der Waals surface area (Å²) >= 11 is 0. The Morgan fingerprint density at radius 2 is 1.61 bits per heavy atom. The van der Waals surface area contributed by atoms with Crippen molar-refractivity contribution in [2.45, 2.75) is 187 Å². The number of likely N-dealkylation sites (tertiary alicyclic amines) is 1. The minimum absolute atomic E-state index is 0.0628. The van der Waals surface area contributed by atoms with E-state index in [2.05, 4.69) is 6.58 Å². The predicted molar refractivity (Wildman–Crippen MR) is 284 cm³/mol. The van der Waals surface area contributed by atoms with E-state index < -0.39 is 77.8 Å². The van der Waals surface area contributed by atoms with Gasteiger partial charge < -0.3 is 58.1 Å². The van der Waals surface area contributed by atoms with E-state index in [1.165, 1.54) is 12.0 Å². The number of methoxy groups -OCH3 is 3. The van der Waals surface area contributed by atoms with Gasteiger partial charge in [-0.05, 0) is 114 Å². The molecule has 75 heavy (non-hydrogen) atoms. The molecule has 0 spiro atoms. The van der Waals surface area contributed by atoms with Crippen LogP contribution in [0.25, 0.3) is 0 Å². The van der Waals surface area contributed by atoms with Crippen molar-refractivity contribution in [1.82, 2.24) is 4.90 Å². The van der Waals surface area contributed by atoms with Crippen molar-refractivity contribution in [2.75, 3.05) is 67.5 Å². The van der Waals surface area contributed by atoms with Crippen LogP contribution in [0.4, 0.5) is 0 Å². The van der Waals surface area contributed by atoms with Crippen molar-refractivity contribution in [2.24, 2.45) is 35.5 Å². The fourth-order valence-electron chi connectivity index (χ4n) is 10.9. The first-order valence-electron chi connectivity index (χ1n) is 27.5. The van der Waals surface area contributed by atoms with Crippen LogP contribution in [0.2, 0.25) is 0 Å². The quantitative estimate of drug-likeness (QED) is 0.0197. The van der Waals surface area contributed by atoms with Crippen molar-refractivity contribution in [3.05, 3.63) is 48.1 Å². The molecule has 1 aliphatic carbocycles. The van der Waals surface area contributed by atoms with Crippen LogP contribution in [0.1, 0.15) is 132 Å². The number of nitrogens with zero attached hydrogens (tertiary/aromatic N) is 1. The number of allylic oxidation sites excluding steroid dienone is 5. The molecule has 1 amide bonds. The Labute approximate surface area is 448 Å². The van der Waals surface area contributed by atoms with Gasteiger partial charge in [-0.1, -0.05) is 71.6 Å². The Balaban J connectivity index is 1.87. The number of carbonyl (C=O) groups excluding carboxylic acids is 5. The Bertz CT molecular complexity index is 1890. The molecule has 2 heterocycles. The topological polar surface area (TPSA) is 223 Å². The lowest BCUT2D eigenvalue weighted by molar-refractivity contribution is -0.266. The third-order valence-electron chi connectivity index (χ3n) is 15.5. The summed E-state index contributed by atoms with van der Waals surface area (Å²) in [6.45, 7) is 20.0. The van der Waals surface area contributed by atoms with E-state index >= 15 is 0 Å². The van der Waals surface area contributed by atoms with Crippen molar-refractivity contribution >= 4 is 29.2 Å². The molecule has 2 saturated heterocycles. The number of esters is 1. The Morgan fingerprint density at radius 1 is 0.893 bits per heavy atom. The van der Waals surface area contributed by atoms with Gasteiger partial charge >= 0.3 is 5.97 Å². The van der Waals surface area contributed by atoms with Crippen molar-refractivity contribution in [1.29, 1.82) is 0 Å². The normalized spacial score (nSPS) is 27.1. The number of hydrogen-bond acceptors (Lipinski definition) is 16. The highest BCUT2D eigenvalue weighted by Crippen LogP contribution is 2.38. The summed E-state index contributed by atoms with van der Waals surface area (Å²) in [6, 6.07) is -1.17. The number of carbonyl (C=O) groups is 5. The second-order valence-corrected chi connectivity index (χ2v) is 21.4. The number of piperidine rings is 1. The summed E-state index contributed by atoms with van der Waals surface area (Å²) in [7, 11) is 4.59. The number of Topliss-reactive ketones (excluding diaryl/α,β-unsaturated/α-hetero) is 3. The van der Waals surface area contributed by atoms with Gasteiger partial charge in [0.15, 0.2) is 5.78 Å². The summed E-state index contributed by atoms with van der Waals surface area (Å²) in [4.78, 5) is 72.4. The molecule has 3 N–H and O–H groups in total. The first-order valence-corrected chi connectivity index (χ1v) is 27.5. The number of ether oxygens (including phenoxy) is 8. The standard InChI is InChI=1S/C58H95NO16/c1-13-17-37(3)31-41(7)52(62)54(70-12)53(63)42(8)32-39(5)47(61)36-50(40(6)33-44-21-23-48(72-26-25-60)51(34-44)69-11)74-57(66)46-19-15-16-24-59(46)56(65)55(64)58(67)43(9)20-22-45(75-58)35-49(38(4)18-14-2)73-30-29-71-28-27-68-10/h13-14,17-18,32,37,39-41,43-46,48-51,53-54,60,63,67H,2,15-16,19-31,33-36H2,1,3-12H3/b17-13+,38-18+,42-32+/t37-,39-,40-,41-,43-,44+,45+,46+,48-,49+,50+,51-,53-,54+,58-/m1/s1. The largest absolute Gasteiger partial charge is 0.460 e. The molecule has 3 fully saturated rings. The summed E-state index contributed by atoms with van der Waals surface area (Å²) in [5.74, 6) is -7.96. The average Bonchev–Trinajstić information content (AvgIpc) is 3.39. The molecule has 3 aliphatic rings. The van der Waals surface area contributed by atoms with E-state index in [1.54, 1.807) is 47.1 Å². The van der Waals surface area contributed by atoms with Crippen molar-refractivity contribution < 1.29 is 77.2 Å². The molecular weight excluding hydrogens is 967 g/mol. The molecule has 1 saturated carbocycles. The molecule has 0 aromatic rings. The lowest BCUT2D eigenvalue weighted by atomic mass is 9.78. The van der Waals surface area contributed by atoms with Gasteiger partial charge in [-0.15, -0.1) is 0 Å². The van der Waals surface area contributed by atoms with Gasteiger partial charge in [0, 0.05) is 58.5 Å². The molecule has 0 unspecified atom stereocenters. The van der Waals surface area contributed by atoms with Crippen LogP contribution in [0.15, 0.2) is 48.1 Å². The third-order valence-corrected chi connectivity index (χ3v) is 15.5. The first-order chi connectivity index (χ1) is 35.7. The molecule has 0 bridgehead atoms. The fourth-order valence-corrected chi connectivity index (χ4v) is 10.9. The van der Waals surface area contributed by atoms with Gasteiger partial charge in [-0.2, -0.15) is 0 Å². The fraction of sp³-hybridized carbons (Fsp3) is 0.776. The van der Waals surface area contributed by atoms with Gasteiger partial charge in [0.05, 0.1) is 64.1 Å². The van der Waals surface area contributed by atoms with Gasteiger partial charge in [-0.25, -0.2) is 4.79 Å². The van der Waals surface area contributed by atoms with Gasteiger partial charge in [0.25, 0.3) is 11.7 Å².